The number of aliphatic carboxylic acids is 1. The minimum atomic E-state index is -1.30. The van der Waals surface area contributed by atoms with E-state index in [1.54, 1.807) is 36.4 Å². The molecule has 0 radical (unpaired) electrons. The maximum Gasteiger partial charge on any atom is 0.326 e. The zero-order chi connectivity index (χ0) is 68.5. The average molecular weight is 1300 g/mol. The number of hydrogen-bond acceptors (Lipinski definition) is 18. The lowest BCUT2D eigenvalue weighted by Gasteiger charge is -2.22. The van der Waals surface area contributed by atoms with E-state index in [2.05, 4.69) is 42.5 Å². The summed E-state index contributed by atoms with van der Waals surface area (Å²) in [5.41, 5.74) is 30.3. The number of nitrogens with one attached hydrogen (secondary N) is 8. The molecule has 0 aliphatic carbocycles. The third-order valence-electron chi connectivity index (χ3n) is 15.2. The molecule has 5 aromatic rings. The van der Waals surface area contributed by atoms with Gasteiger partial charge in [0, 0.05) is 29.2 Å². The van der Waals surface area contributed by atoms with Crippen molar-refractivity contribution in [2.75, 3.05) is 75.9 Å². The summed E-state index contributed by atoms with van der Waals surface area (Å²) in [4.78, 5) is 124. The van der Waals surface area contributed by atoms with Crippen molar-refractivity contribution in [3.8, 4) is 23.0 Å². The Hall–Kier alpha value is -9.67. The molecule has 0 fully saturated rings. The van der Waals surface area contributed by atoms with Crippen LogP contribution in [0, 0.1) is 0 Å². The van der Waals surface area contributed by atoms with Crippen molar-refractivity contribution in [1.82, 2.24) is 21.3 Å². The number of ether oxygens (including phenoxy) is 4. The summed E-state index contributed by atoms with van der Waals surface area (Å²) in [5, 5.41) is 32.0. The molecule has 508 valence electrons. The molecule has 0 aliphatic rings. The predicted molar refractivity (Wildman–Crippen MR) is 358 cm³/mol. The summed E-state index contributed by atoms with van der Waals surface area (Å²) in [6, 6.07) is 20.5. The van der Waals surface area contributed by atoms with E-state index in [1.165, 1.54) is 95.2 Å². The molecule has 0 aromatic heterocycles. The molecule has 0 saturated carbocycles. The molecule has 5 rings (SSSR count). The zero-order valence-electron chi connectivity index (χ0n) is 53.8. The first-order chi connectivity index (χ1) is 45.3. The molecular weight excluding hydrogens is 1210 g/mol. The van der Waals surface area contributed by atoms with E-state index in [0.717, 1.165) is 0 Å². The lowest BCUT2D eigenvalue weighted by Crippen LogP contribution is -2.44. The van der Waals surface area contributed by atoms with Gasteiger partial charge in [0.15, 0.2) is 0 Å². The van der Waals surface area contributed by atoms with Crippen LogP contribution in [0.2, 0.25) is 0 Å². The van der Waals surface area contributed by atoms with Gasteiger partial charge in [-0.25, -0.2) is 4.79 Å². The van der Waals surface area contributed by atoms with Gasteiger partial charge in [0.05, 0.1) is 56.7 Å². The molecule has 0 saturated heterocycles. The lowest BCUT2D eigenvalue weighted by atomic mass is 10.0. The number of amides is 8. The van der Waals surface area contributed by atoms with E-state index in [4.69, 9.17) is 47.6 Å². The molecule has 27 nitrogen and oxygen atoms in total. The molecule has 0 heterocycles. The molecule has 94 heavy (non-hydrogen) atoms. The van der Waals surface area contributed by atoms with Crippen LogP contribution < -0.4 is 90.2 Å². The van der Waals surface area contributed by atoms with E-state index in [-0.39, 0.29) is 93.7 Å². The predicted octanol–water partition coefficient (Wildman–Crippen LogP) is 4.92. The Labute approximate surface area is 547 Å². The second-order valence-corrected chi connectivity index (χ2v) is 22.2. The number of benzene rings is 5. The summed E-state index contributed by atoms with van der Waals surface area (Å²) in [6.45, 7) is 1.58. The Morgan fingerprint density at radius 1 is 0.372 bits per heavy atom. The Morgan fingerprint density at radius 2 is 0.660 bits per heavy atom. The Morgan fingerprint density at radius 3 is 0.968 bits per heavy atom. The van der Waals surface area contributed by atoms with E-state index >= 15 is 0 Å². The van der Waals surface area contributed by atoms with Crippen molar-refractivity contribution in [1.29, 1.82) is 0 Å². The number of methoxy groups -OCH3 is 4. The summed E-state index contributed by atoms with van der Waals surface area (Å²) in [7, 11) is 5.40. The van der Waals surface area contributed by atoms with Crippen LogP contribution in [-0.4, -0.2) is 143 Å². The van der Waals surface area contributed by atoms with Crippen LogP contribution in [-0.2, 0) is 30.4 Å². The first kappa shape index (κ1) is 75.1. The number of anilines is 4. The van der Waals surface area contributed by atoms with Gasteiger partial charge in [-0.15, -0.1) is 0 Å². The normalized spacial score (nSPS) is 12.5. The summed E-state index contributed by atoms with van der Waals surface area (Å²) in [5.74, 6) is -6.17. The van der Waals surface area contributed by atoms with Gasteiger partial charge in [-0.05, 0) is 162 Å². The van der Waals surface area contributed by atoms with Crippen LogP contribution in [0.15, 0.2) is 103 Å². The van der Waals surface area contributed by atoms with Gasteiger partial charge in [-0.3, -0.25) is 38.4 Å². The quantitative estimate of drug-likeness (QED) is 0.0231. The van der Waals surface area contributed by atoms with Crippen LogP contribution in [0.3, 0.4) is 0 Å². The van der Waals surface area contributed by atoms with Gasteiger partial charge in [0.1, 0.15) is 47.2 Å². The fourth-order valence-corrected chi connectivity index (χ4v) is 10.0. The first-order valence-electron chi connectivity index (χ1n) is 31.3. The molecule has 19 N–H and O–H groups in total. The highest BCUT2D eigenvalue weighted by atomic mass is 16.5. The summed E-state index contributed by atoms with van der Waals surface area (Å²) in [6.07, 6.45) is 6.72. The maximum absolute atomic E-state index is 14.4. The second kappa shape index (κ2) is 39.7. The Bertz CT molecular complexity index is 3350. The number of nitrogens with two attached hydrogens (primary N) is 5. The Balaban J connectivity index is 1.34. The lowest BCUT2D eigenvalue weighted by molar-refractivity contribution is -0.139. The topological polar surface area (TPSA) is 437 Å². The van der Waals surface area contributed by atoms with Crippen LogP contribution in [0.4, 0.5) is 22.7 Å². The second-order valence-electron chi connectivity index (χ2n) is 22.2. The van der Waals surface area contributed by atoms with Crippen molar-refractivity contribution < 1.29 is 67.2 Å². The molecule has 0 unspecified atom stereocenters. The molecular formula is C67H91N13O14. The van der Waals surface area contributed by atoms with Gasteiger partial charge < -0.3 is 95.3 Å². The van der Waals surface area contributed by atoms with Crippen molar-refractivity contribution in [3.63, 3.8) is 0 Å². The number of unbranched alkanes of at least 4 members (excludes halogenated alkanes) is 6. The van der Waals surface area contributed by atoms with E-state index in [0.29, 0.717) is 102 Å². The van der Waals surface area contributed by atoms with E-state index in [1.807, 2.05) is 0 Å². The fraction of sp³-hybridized carbons (Fsp3) is 0.418. The van der Waals surface area contributed by atoms with Crippen molar-refractivity contribution in [2.45, 2.75) is 127 Å². The van der Waals surface area contributed by atoms with Crippen molar-refractivity contribution in [3.05, 3.63) is 131 Å². The van der Waals surface area contributed by atoms with Gasteiger partial charge >= 0.3 is 5.97 Å². The molecule has 0 spiro atoms. The molecule has 27 heteroatoms. The average Bonchev–Trinajstić information content (AvgIpc) is 0.912. The number of hydrogen-bond donors (Lipinski definition) is 14. The van der Waals surface area contributed by atoms with Crippen molar-refractivity contribution >= 4 is 76.0 Å². The van der Waals surface area contributed by atoms with Crippen LogP contribution in [0.25, 0.3) is 0 Å². The SMILES string of the molecule is COc1ccc(NC(=O)[C@H](CCCCN)NC(=O)c2cc(NC(=O)[C@H](CCCCCN)NC(=O)c3cc(NC(=O)[C@H](CCCCCN)NC(=O)c4cc(NC(=O)[C@@H](N)CCCCN)ccc4OC)ccc3OC)ccc2OC)cc1C(=O)N[C@@H](Cc1ccccc1)C(=O)O. The van der Waals surface area contributed by atoms with E-state index in [9.17, 15) is 48.3 Å². The molecule has 5 aromatic carbocycles. The minimum Gasteiger partial charge on any atom is -0.496 e. The minimum absolute atomic E-state index is 0.00218. The van der Waals surface area contributed by atoms with Gasteiger partial charge in [-0.2, -0.15) is 0 Å². The summed E-state index contributed by atoms with van der Waals surface area (Å²) < 4.78 is 22.1. The maximum atomic E-state index is 14.4. The standard InChI is InChI=1S/C67H91N13O14/c1-91-55-28-24-42(73-63(85)50(72)20-12-16-34-70)37-46(55)59(81)77-51(21-10-6-14-32-68)64(86)74-43-25-29-56(92-2)47(38-43)60(82)78-52(22-11-7-15-33-69)65(87)75-44-26-30-57(93-3)48(39-44)61(83)79-53(23-13-17-35-71)66(88)76-45-27-31-58(94-4)49(40-45)62(84)80-54(67(89)90)36-41-18-8-5-9-19-41/h5,8-9,18-19,24-31,37-40,50-54H,6-7,10-17,20-23,32-36,68-72H2,1-4H3,(H,73,85)(H,74,86)(H,75,87)(H,76,88)(H,77,81)(H,78,82)(H,79,83)(H,80,84)(H,89,90)/t50-,51-,52-,53-,54-/m0/s1. The highest BCUT2D eigenvalue weighted by molar-refractivity contribution is 6.08. The highest BCUT2D eigenvalue weighted by Crippen LogP contribution is 2.29. The molecule has 8 amide bonds. The van der Waals surface area contributed by atoms with Crippen molar-refractivity contribution in [2.24, 2.45) is 28.7 Å². The molecule has 5 atom stereocenters. The monoisotopic (exact) mass is 1300 g/mol. The highest BCUT2D eigenvalue weighted by Gasteiger charge is 2.30. The third-order valence-corrected chi connectivity index (χ3v) is 15.2. The number of carbonyl (C=O) groups is 9. The van der Waals surface area contributed by atoms with Gasteiger partial charge in [0.25, 0.3) is 23.6 Å². The molecule has 0 aliphatic heterocycles. The third kappa shape index (κ3) is 23.5. The number of carbonyl (C=O) groups excluding carboxylic acids is 8. The smallest absolute Gasteiger partial charge is 0.326 e. The van der Waals surface area contributed by atoms with Crippen LogP contribution in [0.1, 0.15) is 137 Å². The van der Waals surface area contributed by atoms with E-state index < -0.39 is 83.4 Å². The van der Waals surface area contributed by atoms with Crippen LogP contribution in [0.5, 0.6) is 23.0 Å². The number of carboxylic acid groups (broad SMARTS) is 1. The van der Waals surface area contributed by atoms with Crippen LogP contribution >= 0.6 is 0 Å². The largest absolute Gasteiger partial charge is 0.496 e. The number of carboxylic acids is 1. The zero-order valence-corrected chi connectivity index (χ0v) is 53.8. The van der Waals surface area contributed by atoms with Gasteiger partial charge in [0.2, 0.25) is 23.6 Å². The van der Waals surface area contributed by atoms with Gasteiger partial charge in [-0.1, -0.05) is 62.4 Å². The fourth-order valence-electron chi connectivity index (χ4n) is 10.0. The number of rotatable bonds is 41. The molecule has 0 bridgehead atoms. The first-order valence-corrected chi connectivity index (χ1v) is 31.3. The summed E-state index contributed by atoms with van der Waals surface area (Å²) >= 11 is 0. The Kier molecular flexibility index (Phi) is 31.7.